The zero-order chi connectivity index (χ0) is 18.9. The van der Waals surface area contributed by atoms with E-state index in [-0.39, 0.29) is 5.82 Å². The summed E-state index contributed by atoms with van der Waals surface area (Å²) in [6.45, 7) is 4.87. The molecule has 0 spiro atoms. The topological polar surface area (TPSA) is 39.7 Å². The van der Waals surface area contributed by atoms with Crippen molar-refractivity contribution in [1.82, 2.24) is 15.5 Å². The lowest BCUT2D eigenvalue weighted by Gasteiger charge is -2.17. The Morgan fingerprint density at radius 3 is 2.70 bits per heavy atom. The van der Waals surface area contributed by atoms with Gasteiger partial charge in [-0.25, -0.2) is 4.39 Å². The molecule has 0 amide bonds. The minimum absolute atomic E-state index is 0.209. The molecule has 27 heavy (non-hydrogen) atoms. The average molecular weight is 369 g/mol. The van der Waals surface area contributed by atoms with Crippen molar-refractivity contribution in [2.24, 2.45) is 10.9 Å². The summed E-state index contributed by atoms with van der Waals surface area (Å²) in [5.41, 5.74) is 2.31. The number of nitrogens with one attached hydrogen (secondary N) is 2. The molecule has 0 saturated carbocycles. The maximum Gasteiger partial charge on any atom is 0.191 e. The Balaban J connectivity index is 1.36. The molecule has 4 nitrogen and oxygen atoms in total. The molecule has 0 radical (unpaired) electrons. The molecule has 1 unspecified atom stereocenters. The van der Waals surface area contributed by atoms with Crippen molar-refractivity contribution in [3.05, 3.63) is 71.5 Å². The van der Waals surface area contributed by atoms with E-state index in [9.17, 15) is 4.39 Å². The number of hydrogen-bond acceptors (Lipinski definition) is 2. The molecule has 2 aromatic rings. The van der Waals surface area contributed by atoms with Gasteiger partial charge in [0, 0.05) is 33.2 Å². The van der Waals surface area contributed by atoms with Gasteiger partial charge in [0.2, 0.25) is 0 Å². The van der Waals surface area contributed by atoms with E-state index < -0.39 is 0 Å². The molecule has 144 valence electrons. The highest BCUT2D eigenvalue weighted by atomic mass is 19.1. The number of aliphatic imine (C=N–C) groups is 1. The summed E-state index contributed by atoms with van der Waals surface area (Å²) < 4.78 is 13.3. The molecule has 2 aromatic carbocycles. The van der Waals surface area contributed by atoms with Crippen LogP contribution in [0.15, 0.2) is 59.6 Å². The molecule has 1 atom stereocenters. The summed E-state index contributed by atoms with van der Waals surface area (Å²) in [7, 11) is 1.77. The zero-order valence-corrected chi connectivity index (χ0v) is 16.0. The highest BCUT2D eigenvalue weighted by Gasteiger charge is 2.22. The first-order chi connectivity index (χ1) is 13.2. The van der Waals surface area contributed by atoms with Crippen molar-refractivity contribution in [2.75, 3.05) is 33.2 Å². The molecule has 1 saturated heterocycles. The van der Waals surface area contributed by atoms with Crippen molar-refractivity contribution < 1.29 is 4.39 Å². The quantitative estimate of drug-likeness (QED) is 0.583. The van der Waals surface area contributed by atoms with Crippen LogP contribution in [-0.2, 0) is 13.0 Å². The lowest BCUT2D eigenvalue weighted by atomic mass is 10.1. The summed E-state index contributed by atoms with van der Waals surface area (Å²) in [5.74, 6) is 1.19. The Morgan fingerprint density at radius 1 is 1.11 bits per heavy atom. The summed E-state index contributed by atoms with van der Waals surface area (Å²) in [5, 5.41) is 6.66. The lowest BCUT2D eigenvalue weighted by molar-refractivity contribution is 0.328. The molecule has 1 heterocycles. The molecule has 0 bridgehead atoms. The average Bonchev–Trinajstić information content (AvgIpc) is 3.15. The smallest absolute Gasteiger partial charge is 0.191 e. The van der Waals surface area contributed by atoms with E-state index >= 15 is 0 Å². The second-order valence-corrected chi connectivity index (χ2v) is 7.13. The van der Waals surface area contributed by atoms with Crippen molar-refractivity contribution in [3.63, 3.8) is 0 Å². The van der Waals surface area contributed by atoms with Crippen LogP contribution in [0.5, 0.6) is 0 Å². The molecule has 3 rings (SSSR count). The van der Waals surface area contributed by atoms with Gasteiger partial charge in [-0.3, -0.25) is 4.99 Å². The number of benzene rings is 2. The van der Waals surface area contributed by atoms with Crippen molar-refractivity contribution in [2.45, 2.75) is 19.4 Å². The van der Waals surface area contributed by atoms with Crippen LogP contribution in [0.25, 0.3) is 0 Å². The molecular weight excluding hydrogens is 339 g/mol. The third-order valence-corrected chi connectivity index (χ3v) is 5.06. The molecule has 2 N–H and O–H groups in total. The Labute approximate surface area is 161 Å². The van der Waals surface area contributed by atoms with Gasteiger partial charge in [-0.2, -0.15) is 0 Å². The van der Waals surface area contributed by atoms with Crippen molar-refractivity contribution in [1.29, 1.82) is 0 Å². The van der Waals surface area contributed by atoms with Crippen LogP contribution < -0.4 is 10.6 Å². The molecule has 0 aromatic heterocycles. The van der Waals surface area contributed by atoms with Crippen molar-refractivity contribution in [3.8, 4) is 0 Å². The Hall–Kier alpha value is -2.40. The fourth-order valence-electron chi connectivity index (χ4n) is 3.51. The molecular formula is C22H29FN4. The van der Waals surface area contributed by atoms with Crippen LogP contribution >= 0.6 is 0 Å². The minimum Gasteiger partial charge on any atom is -0.356 e. The minimum atomic E-state index is -0.209. The summed E-state index contributed by atoms with van der Waals surface area (Å²) in [6, 6.07) is 17.3. The molecule has 1 aliphatic heterocycles. The van der Waals surface area contributed by atoms with Gasteiger partial charge in [-0.15, -0.1) is 0 Å². The SMILES string of the molecule is CN=C(NCc1cccc(F)c1)NCC1CCN(CCc2ccccc2)C1. The molecule has 1 aliphatic rings. The third-order valence-electron chi connectivity index (χ3n) is 5.06. The second kappa shape index (κ2) is 10.1. The van der Waals surface area contributed by atoms with Gasteiger partial charge < -0.3 is 15.5 Å². The number of likely N-dealkylation sites (tertiary alicyclic amines) is 1. The summed E-state index contributed by atoms with van der Waals surface area (Å²) in [4.78, 5) is 6.81. The Kier molecular flexibility index (Phi) is 7.22. The molecule has 5 heteroatoms. The Bertz CT molecular complexity index is 732. The molecule has 1 fully saturated rings. The monoisotopic (exact) mass is 368 g/mol. The number of guanidine groups is 1. The fourth-order valence-corrected chi connectivity index (χ4v) is 3.51. The van der Waals surface area contributed by atoms with E-state index in [0.29, 0.717) is 12.5 Å². The summed E-state index contributed by atoms with van der Waals surface area (Å²) in [6.07, 6.45) is 2.32. The largest absolute Gasteiger partial charge is 0.356 e. The first-order valence-electron chi connectivity index (χ1n) is 9.68. The van der Waals surface area contributed by atoms with Gasteiger partial charge >= 0.3 is 0 Å². The van der Waals surface area contributed by atoms with E-state index in [4.69, 9.17) is 0 Å². The standard InChI is InChI=1S/C22H29FN4/c1-24-22(25-15-19-8-5-9-21(23)14-19)26-16-20-11-13-27(17-20)12-10-18-6-3-2-4-7-18/h2-9,14,20H,10-13,15-17H2,1H3,(H2,24,25,26). The van der Waals surface area contributed by atoms with Crippen molar-refractivity contribution >= 4 is 5.96 Å². The van der Waals surface area contributed by atoms with E-state index in [1.807, 2.05) is 6.07 Å². The lowest BCUT2D eigenvalue weighted by Crippen LogP contribution is -2.40. The van der Waals surface area contributed by atoms with Gasteiger partial charge in [0.25, 0.3) is 0 Å². The first-order valence-corrected chi connectivity index (χ1v) is 9.68. The fraction of sp³-hybridized carbons (Fsp3) is 0.409. The summed E-state index contributed by atoms with van der Waals surface area (Å²) >= 11 is 0. The van der Waals surface area contributed by atoms with E-state index in [2.05, 4.69) is 50.9 Å². The first kappa shape index (κ1) is 19.4. The van der Waals surface area contributed by atoms with E-state index in [1.54, 1.807) is 19.2 Å². The molecule has 0 aliphatic carbocycles. The zero-order valence-electron chi connectivity index (χ0n) is 16.0. The number of nitrogens with zero attached hydrogens (tertiary/aromatic N) is 2. The number of hydrogen-bond donors (Lipinski definition) is 2. The van der Waals surface area contributed by atoms with Crippen LogP contribution in [0.3, 0.4) is 0 Å². The van der Waals surface area contributed by atoms with Gasteiger partial charge in [0.1, 0.15) is 5.82 Å². The predicted molar refractivity (Wildman–Crippen MR) is 109 cm³/mol. The van der Waals surface area contributed by atoms with Crippen LogP contribution in [0, 0.1) is 11.7 Å². The van der Waals surface area contributed by atoms with E-state index in [0.717, 1.165) is 44.1 Å². The van der Waals surface area contributed by atoms with Crippen LogP contribution in [0.4, 0.5) is 4.39 Å². The van der Waals surface area contributed by atoms with Gasteiger partial charge in [0.05, 0.1) is 0 Å². The van der Waals surface area contributed by atoms with Gasteiger partial charge in [-0.05, 0) is 48.6 Å². The highest BCUT2D eigenvalue weighted by Crippen LogP contribution is 2.16. The van der Waals surface area contributed by atoms with Gasteiger partial charge in [-0.1, -0.05) is 42.5 Å². The number of rotatable bonds is 7. The Morgan fingerprint density at radius 2 is 1.93 bits per heavy atom. The van der Waals surface area contributed by atoms with E-state index in [1.165, 1.54) is 18.1 Å². The van der Waals surface area contributed by atoms with Gasteiger partial charge in [0.15, 0.2) is 5.96 Å². The number of halogens is 1. The van der Waals surface area contributed by atoms with Crippen LogP contribution in [-0.4, -0.2) is 44.1 Å². The second-order valence-electron chi connectivity index (χ2n) is 7.13. The highest BCUT2D eigenvalue weighted by molar-refractivity contribution is 5.79. The maximum atomic E-state index is 13.3. The van der Waals surface area contributed by atoms with Crippen LogP contribution in [0.2, 0.25) is 0 Å². The predicted octanol–water partition coefficient (Wildman–Crippen LogP) is 3.06. The maximum absolute atomic E-state index is 13.3. The normalized spacial score (nSPS) is 17.9. The van der Waals surface area contributed by atoms with Crippen LogP contribution in [0.1, 0.15) is 17.5 Å². The third kappa shape index (κ3) is 6.36.